The van der Waals surface area contributed by atoms with Crippen molar-refractivity contribution in [3.05, 3.63) is 53.1 Å². The van der Waals surface area contributed by atoms with Crippen LogP contribution >= 0.6 is 11.6 Å². The maximum Gasteiger partial charge on any atom is 0.265 e. The van der Waals surface area contributed by atoms with Crippen molar-refractivity contribution in [3.63, 3.8) is 0 Å². The normalized spacial score (nSPS) is 16.9. The zero-order valence-electron chi connectivity index (χ0n) is 16.0. The van der Waals surface area contributed by atoms with Crippen molar-refractivity contribution >= 4 is 38.9 Å². The molecule has 1 amide bonds. The molecule has 0 unspecified atom stereocenters. The molecule has 1 atom stereocenters. The maximum atomic E-state index is 12.9. The van der Waals surface area contributed by atoms with Gasteiger partial charge in [-0.1, -0.05) is 43.6 Å². The Morgan fingerprint density at radius 2 is 1.96 bits per heavy atom. The number of hydrogen-bond donors (Lipinski definition) is 1. The Morgan fingerprint density at radius 3 is 2.64 bits per heavy atom. The van der Waals surface area contributed by atoms with E-state index in [4.69, 9.17) is 16.3 Å². The molecule has 1 N–H and O–H groups in total. The van der Waals surface area contributed by atoms with Crippen LogP contribution in [0.25, 0.3) is 0 Å². The second-order valence-electron chi connectivity index (χ2n) is 7.07. The second kappa shape index (κ2) is 8.01. The zero-order valence-corrected chi connectivity index (χ0v) is 17.5. The molecule has 0 spiro atoms. The minimum absolute atomic E-state index is 0.121. The third-order valence-electron chi connectivity index (χ3n) is 4.59. The van der Waals surface area contributed by atoms with E-state index in [0.717, 1.165) is 17.5 Å². The molecule has 2 aromatic carbocycles. The van der Waals surface area contributed by atoms with Gasteiger partial charge in [0, 0.05) is 23.7 Å². The average molecular weight is 423 g/mol. The van der Waals surface area contributed by atoms with E-state index in [9.17, 15) is 13.2 Å². The molecular weight excluding hydrogens is 400 g/mol. The number of halogens is 1. The Morgan fingerprint density at radius 1 is 1.25 bits per heavy atom. The summed E-state index contributed by atoms with van der Waals surface area (Å²) >= 11 is 6.04. The third-order valence-corrected chi connectivity index (χ3v) is 6.00. The number of anilines is 2. The van der Waals surface area contributed by atoms with E-state index >= 15 is 0 Å². The summed E-state index contributed by atoms with van der Waals surface area (Å²) < 4.78 is 31.6. The number of amides is 1. The summed E-state index contributed by atoms with van der Waals surface area (Å²) in [6.45, 7) is 4.23. The molecule has 3 rings (SSSR count). The molecule has 6 nitrogen and oxygen atoms in total. The van der Waals surface area contributed by atoms with Crippen LogP contribution in [0.4, 0.5) is 11.4 Å². The summed E-state index contributed by atoms with van der Waals surface area (Å²) in [5.41, 5.74) is 2.09. The number of carbonyl (C=O) groups excluding carboxylic acids is 1. The first-order chi connectivity index (χ1) is 13.2. The SMILES string of the molecule is CC(C)c1ccccc1NC(=O)[C@H]1CCN(S(C)(=O)=O)c2cc(Cl)ccc2O1. The van der Waals surface area contributed by atoms with Gasteiger partial charge in [0.25, 0.3) is 5.91 Å². The maximum absolute atomic E-state index is 12.9. The van der Waals surface area contributed by atoms with Crippen molar-refractivity contribution in [1.82, 2.24) is 0 Å². The number of carbonyl (C=O) groups is 1. The van der Waals surface area contributed by atoms with Crippen molar-refractivity contribution in [2.45, 2.75) is 32.3 Å². The largest absolute Gasteiger partial charge is 0.478 e. The van der Waals surface area contributed by atoms with Crippen LogP contribution in [-0.4, -0.2) is 33.2 Å². The van der Waals surface area contributed by atoms with Gasteiger partial charge in [-0.3, -0.25) is 9.10 Å². The van der Waals surface area contributed by atoms with E-state index in [0.29, 0.717) is 16.5 Å². The molecular formula is C20H23ClN2O4S. The zero-order chi connectivity index (χ0) is 20.5. The van der Waals surface area contributed by atoms with E-state index in [2.05, 4.69) is 19.2 Å². The van der Waals surface area contributed by atoms with Gasteiger partial charge in [0.2, 0.25) is 10.0 Å². The topological polar surface area (TPSA) is 75.7 Å². The summed E-state index contributed by atoms with van der Waals surface area (Å²) in [4.78, 5) is 12.9. The molecule has 8 heteroatoms. The lowest BCUT2D eigenvalue weighted by Gasteiger charge is -2.21. The van der Waals surface area contributed by atoms with Crippen LogP contribution < -0.4 is 14.4 Å². The van der Waals surface area contributed by atoms with E-state index in [1.54, 1.807) is 12.1 Å². The van der Waals surface area contributed by atoms with Crippen LogP contribution in [0.2, 0.25) is 5.02 Å². The standard InChI is InChI=1S/C20H23ClN2O4S/c1-13(2)15-6-4-5-7-16(15)22-20(24)19-10-11-23(28(3,25)26)17-12-14(21)8-9-18(17)27-19/h4-9,12-13,19H,10-11H2,1-3H3,(H,22,24)/t19-/m1/s1. The fraction of sp³-hybridized carbons (Fsp3) is 0.350. The van der Waals surface area contributed by atoms with Gasteiger partial charge in [-0.15, -0.1) is 0 Å². The Kier molecular flexibility index (Phi) is 5.86. The van der Waals surface area contributed by atoms with Crippen LogP contribution in [0.15, 0.2) is 42.5 Å². The Bertz CT molecular complexity index is 991. The van der Waals surface area contributed by atoms with Gasteiger partial charge < -0.3 is 10.1 Å². The molecule has 150 valence electrons. The first-order valence-corrected chi connectivity index (χ1v) is 11.2. The molecule has 0 saturated heterocycles. The van der Waals surface area contributed by atoms with E-state index < -0.39 is 16.1 Å². The van der Waals surface area contributed by atoms with E-state index in [1.807, 2.05) is 24.3 Å². The number of fused-ring (bicyclic) bond motifs is 1. The molecule has 0 fully saturated rings. The molecule has 28 heavy (non-hydrogen) atoms. The second-order valence-corrected chi connectivity index (χ2v) is 9.42. The lowest BCUT2D eigenvalue weighted by Crippen LogP contribution is -2.36. The van der Waals surface area contributed by atoms with Gasteiger partial charge in [0.05, 0.1) is 11.9 Å². The number of nitrogens with one attached hydrogen (secondary N) is 1. The van der Waals surface area contributed by atoms with Gasteiger partial charge in [0.15, 0.2) is 6.10 Å². The summed E-state index contributed by atoms with van der Waals surface area (Å²) in [6, 6.07) is 12.3. The Hall–Kier alpha value is -2.25. The minimum Gasteiger partial charge on any atom is -0.478 e. The number of sulfonamides is 1. The summed E-state index contributed by atoms with van der Waals surface area (Å²) in [5, 5.41) is 3.32. The molecule has 0 radical (unpaired) electrons. The predicted molar refractivity (Wildman–Crippen MR) is 112 cm³/mol. The molecule has 1 aliphatic rings. The first kappa shape index (κ1) is 20.5. The molecule has 0 aromatic heterocycles. The van der Waals surface area contributed by atoms with Crippen molar-refractivity contribution in [3.8, 4) is 5.75 Å². The number of hydrogen-bond acceptors (Lipinski definition) is 4. The fourth-order valence-electron chi connectivity index (χ4n) is 3.21. The van der Waals surface area contributed by atoms with Gasteiger partial charge in [-0.05, 0) is 35.7 Å². The molecule has 1 heterocycles. The highest BCUT2D eigenvalue weighted by Gasteiger charge is 2.31. The van der Waals surface area contributed by atoms with Crippen molar-refractivity contribution < 1.29 is 17.9 Å². The quantitative estimate of drug-likeness (QED) is 0.807. The smallest absolute Gasteiger partial charge is 0.265 e. The van der Waals surface area contributed by atoms with Crippen LogP contribution in [-0.2, 0) is 14.8 Å². The number of benzene rings is 2. The molecule has 0 bridgehead atoms. The highest BCUT2D eigenvalue weighted by atomic mass is 35.5. The number of para-hydroxylation sites is 1. The van der Waals surface area contributed by atoms with Crippen LogP contribution in [0.1, 0.15) is 31.7 Å². The molecule has 0 saturated carbocycles. The van der Waals surface area contributed by atoms with Gasteiger partial charge >= 0.3 is 0 Å². The fourth-order valence-corrected chi connectivity index (χ4v) is 4.31. The lowest BCUT2D eigenvalue weighted by molar-refractivity contribution is -0.122. The number of rotatable bonds is 4. The first-order valence-electron chi connectivity index (χ1n) is 9.00. The Balaban J connectivity index is 1.89. The average Bonchev–Trinajstić information content (AvgIpc) is 2.81. The minimum atomic E-state index is -3.54. The number of ether oxygens (including phenoxy) is 1. The lowest BCUT2D eigenvalue weighted by atomic mass is 10.0. The van der Waals surface area contributed by atoms with Crippen molar-refractivity contribution in [1.29, 1.82) is 0 Å². The van der Waals surface area contributed by atoms with Gasteiger partial charge in [-0.2, -0.15) is 0 Å². The summed E-state index contributed by atoms with van der Waals surface area (Å²) in [5.74, 6) is 0.240. The molecule has 1 aliphatic heterocycles. The van der Waals surface area contributed by atoms with Gasteiger partial charge in [0.1, 0.15) is 5.75 Å². The van der Waals surface area contributed by atoms with E-state index in [1.165, 1.54) is 10.4 Å². The van der Waals surface area contributed by atoms with E-state index in [-0.39, 0.29) is 24.8 Å². The number of nitrogens with zero attached hydrogens (tertiary/aromatic N) is 1. The highest BCUT2D eigenvalue weighted by molar-refractivity contribution is 7.92. The highest BCUT2D eigenvalue weighted by Crippen LogP contribution is 2.36. The predicted octanol–water partition coefficient (Wildman–Crippen LogP) is 4.02. The van der Waals surface area contributed by atoms with Crippen molar-refractivity contribution in [2.24, 2.45) is 0 Å². The molecule has 0 aliphatic carbocycles. The Labute approximate surface area is 170 Å². The molecule has 2 aromatic rings. The monoisotopic (exact) mass is 422 g/mol. The summed E-state index contributed by atoms with van der Waals surface area (Å²) in [7, 11) is -3.54. The van der Waals surface area contributed by atoms with Crippen LogP contribution in [0, 0.1) is 0 Å². The summed E-state index contributed by atoms with van der Waals surface area (Å²) in [6.07, 6.45) is 0.512. The third kappa shape index (κ3) is 4.42. The van der Waals surface area contributed by atoms with Crippen molar-refractivity contribution in [2.75, 3.05) is 22.4 Å². The van der Waals surface area contributed by atoms with Crippen LogP contribution in [0.5, 0.6) is 5.75 Å². The van der Waals surface area contributed by atoms with Crippen LogP contribution in [0.3, 0.4) is 0 Å². The van der Waals surface area contributed by atoms with Gasteiger partial charge in [-0.25, -0.2) is 8.42 Å².